The van der Waals surface area contributed by atoms with E-state index in [4.69, 9.17) is 9.47 Å². The molecule has 0 bridgehead atoms. The second-order valence-corrected chi connectivity index (χ2v) is 7.72. The lowest BCUT2D eigenvalue weighted by Crippen LogP contribution is -2.31. The standard InChI is InChI=1S/C23H22F3N5O4/c1-4-30-19(12-32)29-31(22(30)33)16-9-15-6-8-28-21(35-18-11-27-7-5-13(18)2)20(15)17(10-16)34-14(3)23(24,25)26/h5-11,14,32H,4,12H2,1-3H3. The molecule has 0 spiro atoms. The van der Waals surface area contributed by atoms with Gasteiger partial charge in [0, 0.05) is 25.0 Å². The van der Waals surface area contributed by atoms with Crippen molar-refractivity contribution in [3.8, 4) is 23.1 Å². The SMILES string of the molecule is CCn1c(CO)nn(-c2cc(OC(C)C(F)(F)F)c3c(Oc4cnccc4C)nccc3c2)c1=O. The van der Waals surface area contributed by atoms with Crippen LogP contribution in [0.2, 0.25) is 0 Å². The lowest BCUT2D eigenvalue weighted by molar-refractivity contribution is -0.189. The van der Waals surface area contributed by atoms with Crippen LogP contribution in [0, 0.1) is 6.92 Å². The Labute approximate surface area is 197 Å². The summed E-state index contributed by atoms with van der Waals surface area (Å²) < 4.78 is 53.7. The summed E-state index contributed by atoms with van der Waals surface area (Å²) in [5.74, 6) is 0.305. The van der Waals surface area contributed by atoms with Gasteiger partial charge in [-0.2, -0.15) is 17.9 Å². The molecule has 4 rings (SSSR count). The smallest absolute Gasteiger partial charge is 0.425 e. The molecule has 0 aliphatic rings. The molecule has 1 aromatic carbocycles. The van der Waals surface area contributed by atoms with Crippen LogP contribution in [0.5, 0.6) is 17.4 Å². The van der Waals surface area contributed by atoms with Crippen molar-refractivity contribution in [1.29, 1.82) is 0 Å². The van der Waals surface area contributed by atoms with E-state index in [2.05, 4.69) is 15.1 Å². The van der Waals surface area contributed by atoms with Crippen molar-refractivity contribution in [3.05, 3.63) is 64.7 Å². The van der Waals surface area contributed by atoms with Crippen molar-refractivity contribution >= 4 is 10.8 Å². The monoisotopic (exact) mass is 489 g/mol. The maximum Gasteiger partial charge on any atom is 0.425 e. The first kappa shape index (κ1) is 24.2. The van der Waals surface area contributed by atoms with E-state index in [0.717, 1.165) is 17.2 Å². The van der Waals surface area contributed by atoms with E-state index in [0.29, 0.717) is 11.1 Å². The number of aliphatic hydroxyl groups excluding tert-OH is 1. The van der Waals surface area contributed by atoms with E-state index in [1.54, 1.807) is 38.2 Å². The molecule has 3 aromatic heterocycles. The predicted molar refractivity (Wildman–Crippen MR) is 120 cm³/mol. The minimum Gasteiger partial charge on any atom is -0.480 e. The molecule has 0 radical (unpaired) electrons. The number of pyridine rings is 2. The maximum absolute atomic E-state index is 13.4. The number of aromatic nitrogens is 5. The summed E-state index contributed by atoms with van der Waals surface area (Å²) in [5, 5.41) is 14.3. The molecule has 1 N–H and O–H groups in total. The number of nitrogens with zero attached hydrogens (tertiary/aromatic N) is 5. The highest BCUT2D eigenvalue weighted by Crippen LogP contribution is 2.39. The maximum atomic E-state index is 13.4. The van der Waals surface area contributed by atoms with Gasteiger partial charge < -0.3 is 14.6 Å². The summed E-state index contributed by atoms with van der Waals surface area (Å²) in [6.45, 7) is 4.15. The lowest BCUT2D eigenvalue weighted by Gasteiger charge is -2.20. The van der Waals surface area contributed by atoms with Gasteiger partial charge in [-0.1, -0.05) is 0 Å². The van der Waals surface area contributed by atoms with Crippen molar-refractivity contribution in [3.63, 3.8) is 0 Å². The summed E-state index contributed by atoms with van der Waals surface area (Å²) in [6, 6.07) is 6.10. The highest BCUT2D eigenvalue weighted by molar-refractivity contribution is 5.94. The van der Waals surface area contributed by atoms with Gasteiger partial charge in [0.2, 0.25) is 5.88 Å². The third kappa shape index (κ3) is 4.69. The van der Waals surface area contributed by atoms with Gasteiger partial charge in [0.1, 0.15) is 12.4 Å². The van der Waals surface area contributed by atoms with Crippen LogP contribution in [0.4, 0.5) is 13.2 Å². The Morgan fingerprint density at radius 3 is 2.57 bits per heavy atom. The second kappa shape index (κ2) is 9.37. The van der Waals surface area contributed by atoms with E-state index < -0.39 is 24.6 Å². The van der Waals surface area contributed by atoms with Crippen LogP contribution in [0.1, 0.15) is 25.2 Å². The van der Waals surface area contributed by atoms with Crippen LogP contribution < -0.4 is 15.2 Å². The molecule has 0 aliphatic carbocycles. The van der Waals surface area contributed by atoms with Gasteiger partial charge in [-0.15, -0.1) is 5.10 Å². The molecule has 184 valence electrons. The summed E-state index contributed by atoms with van der Waals surface area (Å²) in [6.07, 6.45) is -2.33. The average Bonchev–Trinajstić information content (AvgIpc) is 3.15. The number of aliphatic hydroxyl groups is 1. The van der Waals surface area contributed by atoms with Gasteiger partial charge in [-0.05, 0) is 49.9 Å². The minimum atomic E-state index is -4.64. The summed E-state index contributed by atoms with van der Waals surface area (Å²) in [4.78, 5) is 21.1. The molecule has 1 atom stereocenters. The fourth-order valence-electron chi connectivity index (χ4n) is 3.48. The molecule has 1 unspecified atom stereocenters. The molecule has 4 aromatic rings. The van der Waals surface area contributed by atoms with Crippen molar-refractivity contribution < 1.29 is 27.8 Å². The van der Waals surface area contributed by atoms with E-state index in [-0.39, 0.29) is 35.1 Å². The molecular formula is C23H22F3N5O4. The molecule has 12 heteroatoms. The zero-order chi connectivity index (χ0) is 25.3. The first-order valence-corrected chi connectivity index (χ1v) is 10.7. The number of fused-ring (bicyclic) bond motifs is 1. The number of hydrogen-bond donors (Lipinski definition) is 1. The Hall–Kier alpha value is -3.93. The second-order valence-electron chi connectivity index (χ2n) is 7.72. The summed E-state index contributed by atoms with van der Waals surface area (Å²) in [7, 11) is 0. The van der Waals surface area contributed by atoms with E-state index in [1.165, 1.54) is 23.0 Å². The van der Waals surface area contributed by atoms with Crippen LogP contribution >= 0.6 is 0 Å². The quantitative estimate of drug-likeness (QED) is 0.420. The molecule has 9 nitrogen and oxygen atoms in total. The fraction of sp³-hybridized carbons (Fsp3) is 0.304. The summed E-state index contributed by atoms with van der Waals surface area (Å²) >= 11 is 0. The van der Waals surface area contributed by atoms with E-state index >= 15 is 0 Å². The van der Waals surface area contributed by atoms with Gasteiger partial charge in [0.15, 0.2) is 17.7 Å². The van der Waals surface area contributed by atoms with Gasteiger partial charge in [0.25, 0.3) is 0 Å². The first-order chi connectivity index (χ1) is 16.6. The molecule has 0 saturated heterocycles. The van der Waals surface area contributed by atoms with Crippen molar-refractivity contribution in [2.24, 2.45) is 0 Å². The number of rotatable bonds is 7. The van der Waals surface area contributed by atoms with Crippen LogP contribution in [0.25, 0.3) is 16.5 Å². The third-order valence-corrected chi connectivity index (χ3v) is 5.38. The topological polar surface area (TPSA) is 104 Å². The molecule has 35 heavy (non-hydrogen) atoms. The molecule has 3 heterocycles. The fourth-order valence-corrected chi connectivity index (χ4v) is 3.48. The largest absolute Gasteiger partial charge is 0.480 e. The Balaban J connectivity index is 1.93. The van der Waals surface area contributed by atoms with Crippen molar-refractivity contribution in [1.82, 2.24) is 24.3 Å². The molecule has 0 aliphatic heterocycles. The number of hydrogen-bond acceptors (Lipinski definition) is 7. The lowest BCUT2D eigenvalue weighted by atomic mass is 10.1. The van der Waals surface area contributed by atoms with Gasteiger partial charge >= 0.3 is 11.9 Å². The normalized spacial score (nSPS) is 12.7. The number of benzene rings is 1. The summed E-state index contributed by atoms with van der Waals surface area (Å²) in [5.41, 5.74) is 0.348. The van der Waals surface area contributed by atoms with E-state index in [9.17, 15) is 23.1 Å². The van der Waals surface area contributed by atoms with Crippen LogP contribution in [-0.4, -0.2) is 41.7 Å². The average molecular weight is 489 g/mol. The number of aryl methyl sites for hydroxylation is 1. The highest BCUT2D eigenvalue weighted by atomic mass is 19.4. The number of alkyl halides is 3. The highest BCUT2D eigenvalue weighted by Gasteiger charge is 2.38. The Morgan fingerprint density at radius 1 is 1.17 bits per heavy atom. The predicted octanol–water partition coefficient (Wildman–Crippen LogP) is 3.92. The Bertz CT molecular complexity index is 1430. The molecule has 0 amide bonds. The number of halogens is 3. The van der Waals surface area contributed by atoms with Crippen LogP contribution in [-0.2, 0) is 13.2 Å². The van der Waals surface area contributed by atoms with Crippen LogP contribution in [0.15, 0.2) is 47.7 Å². The van der Waals surface area contributed by atoms with Crippen molar-refractivity contribution in [2.45, 2.75) is 46.2 Å². The molecular weight excluding hydrogens is 467 g/mol. The van der Waals surface area contributed by atoms with Crippen molar-refractivity contribution in [2.75, 3.05) is 0 Å². The van der Waals surface area contributed by atoms with E-state index in [1.807, 2.05) is 0 Å². The number of ether oxygens (including phenoxy) is 2. The van der Waals surface area contributed by atoms with Crippen LogP contribution in [0.3, 0.4) is 0 Å². The Morgan fingerprint density at radius 2 is 1.94 bits per heavy atom. The Kier molecular flexibility index (Phi) is 6.48. The minimum absolute atomic E-state index is 0.0111. The van der Waals surface area contributed by atoms with Gasteiger partial charge in [0.05, 0.1) is 17.3 Å². The third-order valence-electron chi connectivity index (χ3n) is 5.38. The first-order valence-electron chi connectivity index (χ1n) is 10.7. The molecule has 0 saturated carbocycles. The zero-order valence-electron chi connectivity index (χ0n) is 19.1. The van der Waals surface area contributed by atoms with Gasteiger partial charge in [-0.3, -0.25) is 9.55 Å². The van der Waals surface area contributed by atoms with Gasteiger partial charge in [-0.25, -0.2) is 9.78 Å². The zero-order valence-corrected chi connectivity index (χ0v) is 19.1. The molecule has 0 fully saturated rings.